The molecule has 1 aromatic heterocycles. The number of aldehydes is 1. The molecule has 1 fully saturated rings. The van der Waals surface area contributed by atoms with Gasteiger partial charge in [0, 0.05) is 5.41 Å². The number of hydrogen-bond donors (Lipinski definition) is 0. The Morgan fingerprint density at radius 3 is 2.69 bits per heavy atom. The Morgan fingerprint density at radius 1 is 1.62 bits per heavy atom. The van der Waals surface area contributed by atoms with E-state index in [0.29, 0.717) is 0 Å². The molecule has 1 saturated carbocycles. The number of carbonyl (C=O) groups excluding carboxylic acids is 1. The van der Waals surface area contributed by atoms with Crippen LogP contribution < -0.4 is 0 Å². The van der Waals surface area contributed by atoms with Gasteiger partial charge in [-0.1, -0.05) is 13.8 Å². The second kappa shape index (κ2) is 2.68. The monoisotopic (exact) mass is 194 g/mol. The molecule has 0 saturated heterocycles. The summed E-state index contributed by atoms with van der Waals surface area (Å²) in [6.45, 7) is 4.35. The number of thiophene rings is 1. The highest BCUT2D eigenvalue weighted by molar-refractivity contribution is 7.07. The quantitative estimate of drug-likeness (QED) is 0.676. The zero-order chi connectivity index (χ0) is 9.53. The van der Waals surface area contributed by atoms with Gasteiger partial charge in [-0.15, -0.1) is 0 Å². The third kappa shape index (κ3) is 1.33. The summed E-state index contributed by atoms with van der Waals surface area (Å²) in [6.07, 6.45) is 3.12. The third-order valence-corrected chi connectivity index (χ3v) is 4.04. The molecule has 0 radical (unpaired) electrons. The number of rotatable bonds is 3. The van der Waals surface area contributed by atoms with Gasteiger partial charge in [0.1, 0.15) is 6.29 Å². The van der Waals surface area contributed by atoms with Crippen LogP contribution in [0, 0.1) is 10.8 Å². The van der Waals surface area contributed by atoms with E-state index in [0.717, 1.165) is 19.1 Å². The van der Waals surface area contributed by atoms with Gasteiger partial charge in [0.15, 0.2) is 0 Å². The van der Waals surface area contributed by atoms with Crippen molar-refractivity contribution < 1.29 is 4.79 Å². The Hall–Kier alpha value is -0.630. The van der Waals surface area contributed by atoms with E-state index in [4.69, 9.17) is 0 Å². The molecule has 1 nitrogen and oxygen atoms in total. The van der Waals surface area contributed by atoms with E-state index >= 15 is 0 Å². The van der Waals surface area contributed by atoms with Crippen molar-refractivity contribution in [2.75, 3.05) is 0 Å². The number of carbonyl (C=O) groups is 1. The molecule has 70 valence electrons. The van der Waals surface area contributed by atoms with Crippen LogP contribution >= 0.6 is 11.3 Å². The standard InChI is InChI=1S/C11H14OS/c1-10(2)7-11(10,8-12)5-9-3-4-13-6-9/h3-4,6,8H,5,7H2,1-2H3. The lowest BCUT2D eigenvalue weighted by atomic mass is 9.91. The molecule has 1 aromatic rings. The normalized spacial score (nSPS) is 30.0. The summed E-state index contributed by atoms with van der Waals surface area (Å²) in [6, 6.07) is 2.12. The minimum Gasteiger partial charge on any atom is -0.303 e. The van der Waals surface area contributed by atoms with E-state index in [1.165, 1.54) is 5.56 Å². The maximum Gasteiger partial charge on any atom is 0.127 e. The van der Waals surface area contributed by atoms with Gasteiger partial charge >= 0.3 is 0 Å². The van der Waals surface area contributed by atoms with Gasteiger partial charge in [0.2, 0.25) is 0 Å². The first kappa shape index (κ1) is 8.95. The molecule has 1 aliphatic carbocycles. The topological polar surface area (TPSA) is 17.1 Å². The molecule has 1 aliphatic rings. The van der Waals surface area contributed by atoms with Crippen LogP contribution in [-0.4, -0.2) is 6.29 Å². The SMILES string of the molecule is CC1(C)CC1(C=O)Cc1ccsc1. The third-order valence-electron chi connectivity index (χ3n) is 3.31. The summed E-state index contributed by atoms with van der Waals surface area (Å²) in [5.41, 5.74) is 1.47. The van der Waals surface area contributed by atoms with Crippen LogP contribution in [0.3, 0.4) is 0 Å². The van der Waals surface area contributed by atoms with E-state index in [9.17, 15) is 4.79 Å². The van der Waals surface area contributed by atoms with E-state index in [2.05, 4.69) is 30.7 Å². The lowest BCUT2D eigenvalue weighted by Crippen LogP contribution is -2.13. The van der Waals surface area contributed by atoms with Crippen LogP contribution in [0.25, 0.3) is 0 Å². The van der Waals surface area contributed by atoms with E-state index in [1.807, 2.05) is 0 Å². The Bertz CT molecular complexity index is 313. The molecular weight excluding hydrogens is 180 g/mol. The van der Waals surface area contributed by atoms with Crippen molar-refractivity contribution in [3.05, 3.63) is 22.4 Å². The molecule has 2 rings (SSSR count). The molecule has 2 heteroatoms. The Balaban J connectivity index is 2.14. The van der Waals surface area contributed by atoms with Crippen LogP contribution in [0.1, 0.15) is 25.8 Å². The fourth-order valence-corrected chi connectivity index (χ4v) is 2.72. The largest absolute Gasteiger partial charge is 0.303 e. The first-order valence-electron chi connectivity index (χ1n) is 4.57. The molecule has 1 atom stereocenters. The molecular formula is C11H14OS. The summed E-state index contributed by atoms with van der Waals surface area (Å²) in [4.78, 5) is 11.0. The van der Waals surface area contributed by atoms with Crippen molar-refractivity contribution in [2.24, 2.45) is 10.8 Å². The van der Waals surface area contributed by atoms with Crippen molar-refractivity contribution in [3.63, 3.8) is 0 Å². The van der Waals surface area contributed by atoms with E-state index in [-0.39, 0.29) is 10.8 Å². The fraction of sp³-hybridized carbons (Fsp3) is 0.545. The van der Waals surface area contributed by atoms with Gasteiger partial charge in [-0.2, -0.15) is 11.3 Å². The van der Waals surface area contributed by atoms with E-state index < -0.39 is 0 Å². The van der Waals surface area contributed by atoms with Gasteiger partial charge in [0.05, 0.1) is 0 Å². The maximum absolute atomic E-state index is 11.0. The maximum atomic E-state index is 11.0. The molecule has 1 unspecified atom stereocenters. The zero-order valence-electron chi connectivity index (χ0n) is 8.04. The summed E-state index contributed by atoms with van der Waals surface area (Å²) < 4.78 is 0. The van der Waals surface area contributed by atoms with Crippen molar-refractivity contribution in [1.82, 2.24) is 0 Å². The lowest BCUT2D eigenvalue weighted by Gasteiger charge is -2.11. The molecule has 0 bridgehead atoms. The van der Waals surface area contributed by atoms with Crippen LogP contribution in [0.5, 0.6) is 0 Å². The van der Waals surface area contributed by atoms with Crippen molar-refractivity contribution >= 4 is 17.6 Å². The molecule has 0 aromatic carbocycles. The number of hydrogen-bond acceptors (Lipinski definition) is 2. The first-order valence-corrected chi connectivity index (χ1v) is 5.51. The minimum absolute atomic E-state index is 0.0614. The molecule has 0 amide bonds. The summed E-state index contributed by atoms with van der Waals surface area (Å²) in [7, 11) is 0. The average Bonchev–Trinajstić information content (AvgIpc) is 2.52. The van der Waals surface area contributed by atoms with E-state index in [1.54, 1.807) is 11.3 Å². The molecule has 1 heterocycles. The van der Waals surface area contributed by atoms with Crippen molar-refractivity contribution in [2.45, 2.75) is 26.7 Å². The lowest BCUT2D eigenvalue weighted by molar-refractivity contribution is -0.113. The predicted octanol–water partition coefficient (Wildman–Crippen LogP) is 2.91. The minimum atomic E-state index is -0.0614. The Morgan fingerprint density at radius 2 is 2.31 bits per heavy atom. The zero-order valence-corrected chi connectivity index (χ0v) is 8.86. The predicted molar refractivity (Wildman–Crippen MR) is 54.9 cm³/mol. The molecule has 0 spiro atoms. The van der Waals surface area contributed by atoms with Gasteiger partial charge < -0.3 is 4.79 Å². The average molecular weight is 194 g/mol. The molecule has 13 heavy (non-hydrogen) atoms. The summed E-state index contributed by atoms with van der Waals surface area (Å²) >= 11 is 1.70. The fourth-order valence-electron chi connectivity index (χ4n) is 2.05. The molecule has 0 N–H and O–H groups in total. The van der Waals surface area contributed by atoms with Crippen molar-refractivity contribution in [3.8, 4) is 0 Å². The van der Waals surface area contributed by atoms with Gasteiger partial charge in [0.25, 0.3) is 0 Å². The summed E-state index contributed by atoms with van der Waals surface area (Å²) in [5, 5.41) is 4.21. The highest BCUT2D eigenvalue weighted by atomic mass is 32.1. The highest BCUT2D eigenvalue weighted by Gasteiger charge is 2.60. The van der Waals surface area contributed by atoms with Crippen LogP contribution in [0.4, 0.5) is 0 Å². The van der Waals surface area contributed by atoms with Crippen LogP contribution in [0.2, 0.25) is 0 Å². The van der Waals surface area contributed by atoms with Gasteiger partial charge in [-0.05, 0) is 40.6 Å². The Kier molecular flexibility index (Phi) is 1.84. The Labute approximate surface area is 82.8 Å². The van der Waals surface area contributed by atoms with Gasteiger partial charge in [-0.3, -0.25) is 0 Å². The van der Waals surface area contributed by atoms with Crippen LogP contribution in [-0.2, 0) is 11.2 Å². The van der Waals surface area contributed by atoms with Gasteiger partial charge in [-0.25, -0.2) is 0 Å². The second-order valence-corrected chi connectivity index (χ2v) is 5.42. The summed E-state index contributed by atoms with van der Waals surface area (Å²) in [5.74, 6) is 0. The smallest absolute Gasteiger partial charge is 0.127 e. The van der Waals surface area contributed by atoms with Crippen LogP contribution in [0.15, 0.2) is 16.8 Å². The molecule has 0 aliphatic heterocycles. The first-order chi connectivity index (χ1) is 6.10. The highest BCUT2D eigenvalue weighted by Crippen LogP contribution is 2.63. The second-order valence-electron chi connectivity index (χ2n) is 4.64. The van der Waals surface area contributed by atoms with Crippen molar-refractivity contribution in [1.29, 1.82) is 0 Å².